The number of aryl methyl sites for hydroxylation is 1. The first-order valence-corrected chi connectivity index (χ1v) is 6.95. The van der Waals surface area contributed by atoms with E-state index in [1.807, 2.05) is 6.92 Å². The highest BCUT2D eigenvalue weighted by Crippen LogP contribution is 2.31. The topological polar surface area (TPSA) is 61.6 Å². The molecule has 4 heteroatoms. The number of rotatable bonds is 2. The van der Waals surface area contributed by atoms with Gasteiger partial charge in [0, 0.05) is 23.2 Å². The zero-order chi connectivity index (χ0) is 14.8. The van der Waals surface area contributed by atoms with E-state index in [4.69, 9.17) is 15.2 Å². The van der Waals surface area contributed by atoms with Gasteiger partial charge < -0.3 is 15.2 Å². The van der Waals surface area contributed by atoms with Crippen LogP contribution in [0.25, 0.3) is 0 Å². The number of carbonyl (C=O) groups excluding carboxylic acids is 1. The van der Waals surface area contributed by atoms with Gasteiger partial charge >= 0.3 is 0 Å². The summed E-state index contributed by atoms with van der Waals surface area (Å²) in [7, 11) is 0. The monoisotopic (exact) mass is 283 g/mol. The second-order valence-corrected chi connectivity index (χ2v) is 5.12. The van der Waals surface area contributed by atoms with Gasteiger partial charge in [-0.05, 0) is 48.9 Å². The molecule has 0 saturated carbocycles. The summed E-state index contributed by atoms with van der Waals surface area (Å²) >= 11 is 0. The average molecular weight is 283 g/mol. The van der Waals surface area contributed by atoms with Crippen LogP contribution >= 0.6 is 0 Å². The molecule has 21 heavy (non-hydrogen) atoms. The van der Waals surface area contributed by atoms with Gasteiger partial charge in [0.15, 0.2) is 17.3 Å². The first kappa shape index (κ1) is 13.5. The number of ketones is 1. The fourth-order valence-corrected chi connectivity index (χ4v) is 2.40. The smallest absolute Gasteiger partial charge is 0.193 e. The third kappa shape index (κ3) is 2.70. The van der Waals surface area contributed by atoms with Crippen LogP contribution in [0.4, 0.5) is 5.69 Å². The van der Waals surface area contributed by atoms with Crippen LogP contribution in [0.3, 0.4) is 0 Å². The molecular weight excluding hydrogens is 266 g/mol. The van der Waals surface area contributed by atoms with Crippen molar-refractivity contribution in [2.75, 3.05) is 18.9 Å². The van der Waals surface area contributed by atoms with Gasteiger partial charge in [-0.2, -0.15) is 0 Å². The van der Waals surface area contributed by atoms with E-state index in [9.17, 15) is 4.79 Å². The molecule has 1 aliphatic rings. The number of fused-ring (bicyclic) bond motifs is 1. The number of nitrogens with two attached hydrogens (primary N) is 1. The Labute approximate surface area is 123 Å². The number of carbonyl (C=O) groups is 1. The van der Waals surface area contributed by atoms with Crippen LogP contribution in [0.1, 0.15) is 27.9 Å². The standard InChI is InChI=1S/C17H17NO3/c1-11-9-13(18)4-5-14(11)17(19)12-3-6-15-16(10-12)21-8-2-7-20-15/h3-6,9-10H,2,7-8,18H2,1H3. The molecule has 3 rings (SSSR count). The Morgan fingerprint density at radius 1 is 1.05 bits per heavy atom. The minimum atomic E-state index is -0.0388. The molecule has 0 spiro atoms. The number of hydrogen-bond acceptors (Lipinski definition) is 4. The van der Waals surface area contributed by atoms with E-state index < -0.39 is 0 Å². The molecule has 0 saturated heterocycles. The van der Waals surface area contributed by atoms with Gasteiger partial charge in [0.25, 0.3) is 0 Å². The van der Waals surface area contributed by atoms with Gasteiger partial charge in [0.1, 0.15) is 0 Å². The average Bonchev–Trinajstić information content (AvgIpc) is 2.71. The molecule has 2 aromatic rings. The molecule has 0 aromatic heterocycles. The maximum Gasteiger partial charge on any atom is 0.193 e. The van der Waals surface area contributed by atoms with Crippen LogP contribution in [0, 0.1) is 6.92 Å². The summed E-state index contributed by atoms with van der Waals surface area (Å²) in [6.07, 6.45) is 0.842. The van der Waals surface area contributed by atoms with Crippen molar-refractivity contribution in [3.05, 3.63) is 53.1 Å². The quantitative estimate of drug-likeness (QED) is 0.680. The zero-order valence-electron chi connectivity index (χ0n) is 11.9. The molecule has 1 heterocycles. The molecule has 2 N–H and O–H groups in total. The van der Waals surface area contributed by atoms with Crippen LogP contribution in [-0.2, 0) is 0 Å². The number of nitrogen functional groups attached to an aromatic ring is 1. The summed E-state index contributed by atoms with van der Waals surface area (Å²) in [5.74, 6) is 1.28. The molecule has 0 fully saturated rings. The lowest BCUT2D eigenvalue weighted by molar-refractivity contribution is 0.103. The molecule has 2 aromatic carbocycles. The zero-order valence-corrected chi connectivity index (χ0v) is 11.9. The summed E-state index contributed by atoms with van der Waals surface area (Å²) < 4.78 is 11.2. The molecule has 0 amide bonds. The van der Waals surface area contributed by atoms with Crippen LogP contribution in [0.5, 0.6) is 11.5 Å². The molecule has 108 valence electrons. The van der Waals surface area contributed by atoms with Crippen molar-refractivity contribution >= 4 is 11.5 Å². The lowest BCUT2D eigenvalue weighted by atomic mass is 9.98. The Morgan fingerprint density at radius 2 is 1.81 bits per heavy atom. The molecule has 0 radical (unpaired) electrons. The fourth-order valence-electron chi connectivity index (χ4n) is 2.40. The van der Waals surface area contributed by atoms with E-state index in [0.717, 1.165) is 12.0 Å². The van der Waals surface area contributed by atoms with E-state index in [-0.39, 0.29) is 5.78 Å². The van der Waals surface area contributed by atoms with Crippen LogP contribution < -0.4 is 15.2 Å². The fraction of sp³-hybridized carbons (Fsp3) is 0.235. The van der Waals surface area contributed by atoms with Crippen molar-refractivity contribution in [2.45, 2.75) is 13.3 Å². The maximum absolute atomic E-state index is 12.6. The predicted molar refractivity (Wildman–Crippen MR) is 81.1 cm³/mol. The van der Waals surface area contributed by atoms with Gasteiger partial charge in [-0.3, -0.25) is 4.79 Å². The van der Waals surface area contributed by atoms with Crippen LogP contribution in [-0.4, -0.2) is 19.0 Å². The molecular formula is C17H17NO3. The second-order valence-electron chi connectivity index (χ2n) is 5.12. The summed E-state index contributed by atoms with van der Waals surface area (Å²) in [4.78, 5) is 12.6. The molecule has 0 bridgehead atoms. The van der Waals surface area contributed by atoms with Crippen LogP contribution in [0.15, 0.2) is 36.4 Å². The highest BCUT2D eigenvalue weighted by Gasteiger charge is 2.16. The minimum Gasteiger partial charge on any atom is -0.490 e. The largest absolute Gasteiger partial charge is 0.490 e. The van der Waals surface area contributed by atoms with Crippen molar-refractivity contribution in [1.29, 1.82) is 0 Å². The van der Waals surface area contributed by atoms with E-state index in [1.54, 1.807) is 36.4 Å². The van der Waals surface area contributed by atoms with Gasteiger partial charge in [-0.25, -0.2) is 0 Å². The van der Waals surface area contributed by atoms with Gasteiger partial charge in [0.2, 0.25) is 0 Å². The maximum atomic E-state index is 12.6. The van der Waals surface area contributed by atoms with E-state index >= 15 is 0 Å². The minimum absolute atomic E-state index is 0.0388. The third-order valence-corrected chi connectivity index (χ3v) is 3.50. The summed E-state index contributed by atoms with van der Waals surface area (Å²) in [6.45, 7) is 3.12. The SMILES string of the molecule is Cc1cc(N)ccc1C(=O)c1ccc2c(c1)OCCCO2. The number of anilines is 1. The van der Waals surface area contributed by atoms with Crippen molar-refractivity contribution in [3.8, 4) is 11.5 Å². The molecule has 1 aliphatic heterocycles. The van der Waals surface area contributed by atoms with Crippen molar-refractivity contribution in [1.82, 2.24) is 0 Å². The summed E-state index contributed by atoms with van der Waals surface area (Å²) in [6, 6.07) is 10.6. The molecule has 0 atom stereocenters. The molecule has 4 nitrogen and oxygen atoms in total. The van der Waals surface area contributed by atoms with Crippen molar-refractivity contribution in [2.24, 2.45) is 0 Å². The van der Waals surface area contributed by atoms with Crippen molar-refractivity contribution in [3.63, 3.8) is 0 Å². The molecule has 0 unspecified atom stereocenters. The van der Waals surface area contributed by atoms with Crippen LogP contribution in [0.2, 0.25) is 0 Å². The summed E-state index contributed by atoms with van der Waals surface area (Å²) in [5, 5.41) is 0. The number of ether oxygens (including phenoxy) is 2. The Bertz CT molecular complexity index is 694. The van der Waals surface area contributed by atoms with E-state index in [2.05, 4.69) is 0 Å². The second kappa shape index (κ2) is 5.48. The summed E-state index contributed by atoms with van der Waals surface area (Å²) in [5.41, 5.74) is 8.49. The van der Waals surface area contributed by atoms with Gasteiger partial charge in [-0.15, -0.1) is 0 Å². The lowest BCUT2D eigenvalue weighted by Gasteiger charge is -2.10. The predicted octanol–water partition coefficient (Wildman–Crippen LogP) is 2.97. The lowest BCUT2D eigenvalue weighted by Crippen LogP contribution is -2.05. The third-order valence-electron chi connectivity index (χ3n) is 3.50. The highest BCUT2D eigenvalue weighted by atomic mass is 16.5. The van der Waals surface area contributed by atoms with Gasteiger partial charge in [-0.1, -0.05) is 0 Å². The Hall–Kier alpha value is -2.49. The van der Waals surface area contributed by atoms with Crippen molar-refractivity contribution < 1.29 is 14.3 Å². The first-order valence-electron chi connectivity index (χ1n) is 6.95. The molecule has 0 aliphatic carbocycles. The highest BCUT2D eigenvalue weighted by molar-refractivity contribution is 6.10. The number of benzene rings is 2. The normalized spacial score (nSPS) is 13.6. The number of hydrogen-bond donors (Lipinski definition) is 1. The van der Waals surface area contributed by atoms with E-state index in [0.29, 0.717) is 41.5 Å². The van der Waals surface area contributed by atoms with E-state index in [1.165, 1.54) is 0 Å². The van der Waals surface area contributed by atoms with Gasteiger partial charge in [0.05, 0.1) is 13.2 Å². The Morgan fingerprint density at radius 3 is 2.57 bits per heavy atom. The first-order chi connectivity index (χ1) is 10.1. The Kier molecular flexibility index (Phi) is 3.52. The Balaban J connectivity index is 1.96.